The molecule has 0 saturated carbocycles. The van der Waals surface area contributed by atoms with Gasteiger partial charge in [0.05, 0.1) is 4.92 Å². The maximum Gasteiger partial charge on any atom is 0.320 e. The summed E-state index contributed by atoms with van der Waals surface area (Å²) in [7, 11) is 1.59. The highest BCUT2D eigenvalue weighted by Crippen LogP contribution is 2.19. The molecule has 1 aromatic heterocycles. The SMILES string of the molecule is CCCCCCN(CCCCCC)C(=O)c1nn(C)cc1[N+](=O)[O-]. The summed E-state index contributed by atoms with van der Waals surface area (Å²) in [4.78, 5) is 25.1. The predicted octanol–water partition coefficient (Wildman–Crippen LogP) is 3.93. The summed E-state index contributed by atoms with van der Waals surface area (Å²) in [6.07, 6.45) is 9.83. The first kappa shape index (κ1) is 20.1. The first-order valence-electron chi connectivity index (χ1n) is 8.98. The van der Waals surface area contributed by atoms with Gasteiger partial charge in [-0.25, -0.2) is 0 Å². The Hall–Kier alpha value is -1.92. The Balaban J connectivity index is 2.79. The van der Waals surface area contributed by atoms with Crippen LogP contribution in [0.2, 0.25) is 0 Å². The van der Waals surface area contributed by atoms with Gasteiger partial charge in [0.25, 0.3) is 5.91 Å². The molecule has 1 heterocycles. The lowest BCUT2D eigenvalue weighted by Crippen LogP contribution is -2.33. The molecular formula is C17H30N4O3. The second-order valence-electron chi connectivity index (χ2n) is 6.21. The molecule has 0 aliphatic heterocycles. The second-order valence-corrected chi connectivity index (χ2v) is 6.21. The molecule has 0 N–H and O–H groups in total. The van der Waals surface area contributed by atoms with E-state index in [-0.39, 0.29) is 17.3 Å². The summed E-state index contributed by atoms with van der Waals surface area (Å²) in [5, 5.41) is 15.2. The van der Waals surface area contributed by atoms with E-state index in [0.717, 1.165) is 51.4 Å². The fourth-order valence-electron chi connectivity index (χ4n) is 2.69. The lowest BCUT2D eigenvalue weighted by molar-refractivity contribution is -0.385. The molecule has 0 aliphatic rings. The highest BCUT2D eigenvalue weighted by Gasteiger charge is 2.28. The van der Waals surface area contributed by atoms with E-state index in [1.54, 1.807) is 11.9 Å². The van der Waals surface area contributed by atoms with Crippen molar-refractivity contribution in [2.45, 2.75) is 65.2 Å². The maximum atomic E-state index is 12.8. The zero-order valence-corrected chi connectivity index (χ0v) is 15.2. The van der Waals surface area contributed by atoms with Crippen molar-refractivity contribution in [3.8, 4) is 0 Å². The highest BCUT2D eigenvalue weighted by molar-refractivity contribution is 5.96. The number of aromatic nitrogens is 2. The average Bonchev–Trinajstić information content (AvgIpc) is 2.95. The summed E-state index contributed by atoms with van der Waals surface area (Å²) in [5.74, 6) is -0.324. The molecule has 0 bridgehead atoms. The normalized spacial score (nSPS) is 10.8. The minimum absolute atomic E-state index is 0.0477. The third kappa shape index (κ3) is 6.29. The second kappa shape index (κ2) is 10.8. The Morgan fingerprint density at radius 3 is 2.12 bits per heavy atom. The van der Waals surface area contributed by atoms with Crippen LogP contribution in [0.1, 0.15) is 75.7 Å². The number of amides is 1. The molecular weight excluding hydrogens is 308 g/mol. The maximum absolute atomic E-state index is 12.8. The lowest BCUT2D eigenvalue weighted by Gasteiger charge is -2.21. The largest absolute Gasteiger partial charge is 0.337 e. The van der Waals surface area contributed by atoms with Gasteiger partial charge in [0, 0.05) is 20.1 Å². The van der Waals surface area contributed by atoms with Crippen LogP contribution in [-0.2, 0) is 7.05 Å². The van der Waals surface area contributed by atoms with Crippen molar-refractivity contribution in [1.29, 1.82) is 0 Å². The molecule has 1 rings (SSSR count). The number of hydrogen-bond acceptors (Lipinski definition) is 4. The van der Waals surface area contributed by atoms with Gasteiger partial charge in [0.1, 0.15) is 6.20 Å². The first-order chi connectivity index (χ1) is 11.5. The zero-order valence-electron chi connectivity index (χ0n) is 15.2. The van der Waals surface area contributed by atoms with Crippen molar-refractivity contribution < 1.29 is 9.72 Å². The first-order valence-corrected chi connectivity index (χ1v) is 8.98. The van der Waals surface area contributed by atoms with Crippen molar-refractivity contribution >= 4 is 11.6 Å². The Morgan fingerprint density at radius 1 is 1.12 bits per heavy atom. The molecule has 7 heteroatoms. The van der Waals surface area contributed by atoms with Crippen LogP contribution in [0.3, 0.4) is 0 Å². The highest BCUT2D eigenvalue weighted by atomic mass is 16.6. The van der Waals surface area contributed by atoms with E-state index in [1.165, 1.54) is 10.9 Å². The van der Waals surface area contributed by atoms with E-state index < -0.39 is 4.92 Å². The quantitative estimate of drug-likeness (QED) is 0.328. The van der Waals surface area contributed by atoms with Gasteiger partial charge >= 0.3 is 5.69 Å². The molecule has 0 saturated heterocycles. The Morgan fingerprint density at radius 2 is 1.67 bits per heavy atom. The fraction of sp³-hybridized carbons (Fsp3) is 0.765. The van der Waals surface area contributed by atoms with Crippen molar-refractivity contribution in [3.63, 3.8) is 0 Å². The molecule has 0 atom stereocenters. The third-order valence-corrected chi connectivity index (χ3v) is 4.06. The molecule has 0 radical (unpaired) electrons. The van der Waals surface area contributed by atoms with Gasteiger partial charge in [0.15, 0.2) is 0 Å². The molecule has 7 nitrogen and oxygen atoms in total. The number of rotatable bonds is 12. The summed E-state index contributed by atoms with van der Waals surface area (Å²) in [5.41, 5.74) is -0.261. The zero-order chi connectivity index (χ0) is 17.9. The van der Waals surface area contributed by atoms with Crippen LogP contribution in [0.5, 0.6) is 0 Å². The van der Waals surface area contributed by atoms with Gasteiger partial charge in [-0.15, -0.1) is 0 Å². The number of nitrogens with zero attached hydrogens (tertiary/aromatic N) is 4. The molecule has 1 aromatic rings. The van der Waals surface area contributed by atoms with Crippen molar-refractivity contribution in [1.82, 2.24) is 14.7 Å². The molecule has 0 spiro atoms. The van der Waals surface area contributed by atoms with Crippen LogP contribution < -0.4 is 0 Å². The van der Waals surface area contributed by atoms with Crippen molar-refractivity contribution in [2.24, 2.45) is 7.05 Å². The summed E-state index contributed by atoms with van der Waals surface area (Å²) >= 11 is 0. The monoisotopic (exact) mass is 338 g/mol. The van der Waals surface area contributed by atoms with Gasteiger partial charge in [-0.05, 0) is 12.8 Å². The third-order valence-electron chi connectivity index (χ3n) is 4.06. The summed E-state index contributed by atoms with van der Waals surface area (Å²) in [6, 6.07) is 0. The number of nitro groups is 1. The smallest absolute Gasteiger partial charge is 0.320 e. The lowest BCUT2D eigenvalue weighted by atomic mass is 10.1. The fourth-order valence-corrected chi connectivity index (χ4v) is 2.69. The summed E-state index contributed by atoms with van der Waals surface area (Å²) in [6.45, 7) is 5.56. The number of hydrogen-bond donors (Lipinski definition) is 0. The van der Waals surface area contributed by atoms with E-state index in [0.29, 0.717) is 13.1 Å². The number of unbranched alkanes of at least 4 members (excludes halogenated alkanes) is 6. The topological polar surface area (TPSA) is 81.3 Å². The van der Waals surface area contributed by atoms with E-state index in [9.17, 15) is 14.9 Å². The van der Waals surface area contributed by atoms with Gasteiger partial charge in [0.2, 0.25) is 5.69 Å². The number of carbonyl (C=O) groups excluding carboxylic acids is 1. The van der Waals surface area contributed by atoms with Gasteiger partial charge in [-0.1, -0.05) is 52.4 Å². The van der Waals surface area contributed by atoms with E-state index in [2.05, 4.69) is 18.9 Å². The van der Waals surface area contributed by atoms with Crippen molar-refractivity contribution in [3.05, 3.63) is 22.0 Å². The van der Waals surface area contributed by atoms with Crippen LogP contribution >= 0.6 is 0 Å². The minimum atomic E-state index is -0.535. The van der Waals surface area contributed by atoms with Crippen molar-refractivity contribution in [2.75, 3.05) is 13.1 Å². The van der Waals surface area contributed by atoms with Crippen LogP contribution in [0.15, 0.2) is 6.20 Å². The standard InChI is InChI=1S/C17H30N4O3/c1-4-6-8-10-12-20(13-11-9-7-5-2)17(22)16-15(21(23)24)14-19(3)18-16/h14H,4-13H2,1-3H3. The number of aryl methyl sites for hydroxylation is 1. The van der Waals surface area contributed by atoms with Gasteiger partial charge < -0.3 is 4.90 Å². The van der Waals surface area contributed by atoms with E-state index in [4.69, 9.17) is 0 Å². The molecule has 0 aliphatic carbocycles. The van der Waals surface area contributed by atoms with Crippen LogP contribution in [0, 0.1) is 10.1 Å². The predicted molar refractivity (Wildman–Crippen MR) is 94.0 cm³/mol. The van der Waals surface area contributed by atoms with E-state index in [1.807, 2.05) is 0 Å². The Kier molecular flexibility index (Phi) is 9.04. The van der Waals surface area contributed by atoms with E-state index >= 15 is 0 Å². The van der Waals surface area contributed by atoms with Crippen LogP contribution in [0.25, 0.3) is 0 Å². The molecule has 24 heavy (non-hydrogen) atoms. The molecule has 0 fully saturated rings. The minimum Gasteiger partial charge on any atom is -0.337 e. The van der Waals surface area contributed by atoms with Crippen LogP contribution in [-0.4, -0.2) is 38.6 Å². The number of carbonyl (C=O) groups is 1. The Bertz CT molecular complexity index is 516. The van der Waals surface area contributed by atoms with Gasteiger partial charge in [-0.2, -0.15) is 5.10 Å². The molecule has 0 unspecified atom stereocenters. The van der Waals surface area contributed by atoms with Gasteiger partial charge in [-0.3, -0.25) is 19.6 Å². The summed E-state index contributed by atoms with van der Waals surface area (Å²) < 4.78 is 1.33. The molecule has 0 aromatic carbocycles. The van der Waals surface area contributed by atoms with Crippen LogP contribution in [0.4, 0.5) is 5.69 Å². The molecule has 136 valence electrons. The average molecular weight is 338 g/mol. The molecule has 1 amide bonds. The Labute approximate surface area is 144 Å².